The number of nitrogens with zero attached hydrogens (tertiary/aromatic N) is 1. The Bertz CT molecular complexity index is 380. The molecule has 1 aromatic rings. The number of piperazine rings is 1. The molecule has 0 radical (unpaired) electrons. The average molecular weight is 232 g/mol. The van der Waals surface area contributed by atoms with Crippen molar-refractivity contribution in [3.8, 4) is 0 Å². The van der Waals surface area contributed by atoms with Crippen molar-refractivity contribution >= 4 is 5.91 Å². The van der Waals surface area contributed by atoms with Crippen LogP contribution in [0.25, 0.3) is 0 Å². The molecule has 0 aliphatic carbocycles. The molecule has 0 aromatic heterocycles. The van der Waals surface area contributed by atoms with E-state index in [0.29, 0.717) is 0 Å². The van der Waals surface area contributed by atoms with Gasteiger partial charge in [-0.2, -0.15) is 0 Å². The summed E-state index contributed by atoms with van der Waals surface area (Å²) in [5, 5.41) is 3.27. The number of rotatable bonds is 2. The van der Waals surface area contributed by atoms with Crippen LogP contribution in [0.5, 0.6) is 0 Å². The highest BCUT2D eigenvalue weighted by atomic mass is 16.2. The lowest BCUT2D eigenvalue weighted by atomic mass is 9.83. The van der Waals surface area contributed by atoms with E-state index in [9.17, 15) is 4.79 Å². The van der Waals surface area contributed by atoms with Gasteiger partial charge in [0.05, 0.1) is 5.41 Å². The second-order valence-corrected chi connectivity index (χ2v) is 5.03. The maximum atomic E-state index is 12.5. The number of carbonyl (C=O) groups excluding carboxylic acids is 1. The fraction of sp³-hybridized carbons (Fsp3) is 0.500. The molecule has 1 N–H and O–H groups in total. The molecule has 92 valence electrons. The first-order valence-corrected chi connectivity index (χ1v) is 6.18. The third-order valence-corrected chi connectivity index (χ3v) is 3.43. The van der Waals surface area contributed by atoms with Crippen LogP contribution in [0, 0.1) is 0 Å². The molecular weight excluding hydrogens is 212 g/mol. The third kappa shape index (κ3) is 2.50. The molecule has 0 bridgehead atoms. The van der Waals surface area contributed by atoms with E-state index in [1.807, 2.05) is 49.1 Å². The van der Waals surface area contributed by atoms with E-state index in [2.05, 4.69) is 5.32 Å². The Kier molecular flexibility index (Phi) is 3.48. The van der Waals surface area contributed by atoms with Crippen molar-refractivity contribution in [3.63, 3.8) is 0 Å². The van der Waals surface area contributed by atoms with Crippen molar-refractivity contribution in [2.45, 2.75) is 19.3 Å². The minimum absolute atomic E-state index is 0.227. The monoisotopic (exact) mass is 232 g/mol. The smallest absolute Gasteiger partial charge is 0.232 e. The van der Waals surface area contributed by atoms with Crippen molar-refractivity contribution in [1.82, 2.24) is 10.2 Å². The predicted molar refractivity (Wildman–Crippen MR) is 68.9 cm³/mol. The minimum atomic E-state index is -0.432. The number of nitrogens with one attached hydrogen (secondary N) is 1. The summed E-state index contributed by atoms with van der Waals surface area (Å²) in [6, 6.07) is 10.0. The average Bonchev–Trinajstić information content (AvgIpc) is 2.40. The quantitative estimate of drug-likeness (QED) is 0.836. The van der Waals surface area contributed by atoms with Gasteiger partial charge in [0.1, 0.15) is 0 Å². The van der Waals surface area contributed by atoms with Gasteiger partial charge in [0.25, 0.3) is 0 Å². The van der Waals surface area contributed by atoms with Crippen molar-refractivity contribution in [2.75, 3.05) is 26.2 Å². The molecule has 1 saturated heterocycles. The van der Waals surface area contributed by atoms with Gasteiger partial charge in [-0.05, 0) is 19.4 Å². The lowest BCUT2D eigenvalue weighted by Crippen LogP contribution is -2.51. The van der Waals surface area contributed by atoms with E-state index in [4.69, 9.17) is 0 Å². The van der Waals surface area contributed by atoms with Crippen molar-refractivity contribution in [1.29, 1.82) is 0 Å². The molecular formula is C14H20N2O. The fourth-order valence-electron chi connectivity index (χ4n) is 2.24. The standard InChI is InChI=1S/C14H20N2O/c1-14(2,12-6-4-3-5-7-12)13(17)16-10-8-15-9-11-16/h3-7,15H,8-11H2,1-2H3. The molecule has 3 nitrogen and oxygen atoms in total. The maximum Gasteiger partial charge on any atom is 0.232 e. The Morgan fingerprint density at radius 1 is 1.18 bits per heavy atom. The molecule has 0 spiro atoms. The summed E-state index contributed by atoms with van der Waals surface area (Å²) >= 11 is 0. The summed E-state index contributed by atoms with van der Waals surface area (Å²) in [5.74, 6) is 0.227. The van der Waals surface area contributed by atoms with Crippen molar-refractivity contribution < 1.29 is 4.79 Å². The predicted octanol–water partition coefficient (Wildman–Crippen LogP) is 1.40. The van der Waals surface area contributed by atoms with Gasteiger partial charge in [0, 0.05) is 26.2 Å². The van der Waals surface area contributed by atoms with Gasteiger partial charge < -0.3 is 10.2 Å². The highest BCUT2D eigenvalue weighted by Crippen LogP contribution is 2.25. The third-order valence-electron chi connectivity index (χ3n) is 3.43. The minimum Gasteiger partial charge on any atom is -0.339 e. The van der Waals surface area contributed by atoms with Crippen LogP contribution in [-0.2, 0) is 10.2 Å². The van der Waals surface area contributed by atoms with E-state index in [-0.39, 0.29) is 5.91 Å². The Balaban J connectivity index is 2.17. The van der Waals surface area contributed by atoms with Crippen LogP contribution in [0.1, 0.15) is 19.4 Å². The van der Waals surface area contributed by atoms with Gasteiger partial charge in [-0.25, -0.2) is 0 Å². The summed E-state index contributed by atoms with van der Waals surface area (Å²) in [6.07, 6.45) is 0. The summed E-state index contributed by atoms with van der Waals surface area (Å²) < 4.78 is 0. The summed E-state index contributed by atoms with van der Waals surface area (Å²) in [4.78, 5) is 14.5. The molecule has 1 aliphatic heterocycles. The van der Waals surface area contributed by atoms with Crippen LogP contribution in [0.3, 0.4) is 0 Å². The number of carbonyl (C=O) groups is 1. The zero-order valence-electron chi connectivity index (χ0n) is 10.6. The largest absolute Gasteiger partial charge is 0.339 e. The van der Waals surface area contributed by atoms with Gasteiger partial charge >= 0.3 is 0 Å². The molecule has 1 aliphatic rings. The number of amides is 1. The first-order valence-electron chi connectivity index (χ1n) is 6.18. The van der Waals surface area contributed by atoms with Crippen LogP contribution in [0.2, 0.25) is 0 Å². The molecule has 17 heavy (non-hydrogen) atoms. The van der Waals surface area contributed by atoms with Gasteiger partial charge in [-0.3, -0.25) is 4.79 Å². The van der Waals surface area contributed by atoms with Gasteiger partial charge in [-0.1, -0.05) is 30.3 Å². The molecule has 0 unspecified atom stereocenters. The van der Waals surface area contributed by atoms with E-state index in [1.165, 1.54) is 0 Å². The van der Waals surface area contributed by atoms with Crippen molar-refractivity contribution in [3.05, 3.63) is 35.9 Å². The van der Waals surface area contributed by atoms with Crippen LogP contribution in [0.4, 0.5) is 0 Å². The molecule has 1 fully saturated rings. The molecule has 0 atom stereocenters. The topological polar surface area (TPSA) is 32.3 Å². The van der Waals surface area contributed by atoms with Gasteiger partial charge in [0.15, 0.2) is 0 Å². The normalized spacial score (nSPS) is 16.9. The zero-order valence-corrected chi connectivity index (χ0v) is 10.6. The molecule has 1 heterocycles. The summed E-state index contributed by atoms with van der Waals surface area (Å²) in [6.45, 7) is 7.44. The van der Waals surface area contributed by atoms with Gasteiger partial charge in [0.2, 0.25) is 5.91 Å². The molecule has 1 amide bonds. The number of hydrogen-bond acceptors (Lipinski definition) is 2. The number of benzene rings is 1. The van der Waals surface area contributed by atoms with Crippen LogP contribution >= 0.6 is 0 Å². The van der Waals surface area contributed by atoms with E-state index < -0.39 is 5.41 Å². The Morgan fingerprint density at radius 2 is 1.76 bits per heavy atom. The first kappa shape index (κ1) is 12.1. The lowest BCUT2D eigenvalue weighted by molar-refractivity contribution is -0.136. The molecule has 2 rings (SSSR count). The van der Waals surface area contributed by atoms with Crippen molar-refractivity contribution in [2.24, 2.45) is 0 Å². The van der Waals surface area contributed by atoms with E-state index >= 15 is 0 Å². The highest BCUT2D eigenvalue weighted by molar-refractivity contribution is 5.87. The summed E-state index contributed by atoms with van der Waals surface area (Å²) in [7, 11) is 0. The molecule has 1 aromatic carbocycles. The van der Waals surface area contributed by atoms with Gasteiger partial charge in [-0.15, -0.1) is 0 Å². The van der Waals surface area contributed by atoms with Crippen LogP contribution in [-0.4, -0.2) is 37.0 Å². The first-order chi connectivity index (χ1) is 8.12. The molecule has 3 heteroatoms. The fourth-order valence-corrected chi connectivity index (χ4v) is 2.24. The lowest BCUT2D eigenvalue weighted by Gasteiger charge is -2.34. The maximum absolute atomic E-state index is 12.5. The number of hydrogen-bond donors (Lipinski definition) is 1. The second kappa shape index (κ2) is 4.88. The zero-order chi connectivity index (χ0) is 12.3. The summed E-state index contributed by atoms with van der Waals surface area (Å²) in [5.41, 5.74) is 0.655. The Morgan fingerprint density at radius 3 is 2.35 bits per heavy atom. The van der Waals surface area contributed by atoms with Crippen LogP contribution in [0.15, 0.2) is 30.3 Å². The van der Waals surface area contributed by atoms with E-state index in [0.717, 1.165) is 31.7 Å². The highest BCUT2D eigenvalue weighted by Gasteiger charge is 2.33. The second-order valence-electron chi connectivity index (χ2n) is 5.03. The van der Waals surface area contributed by atoms with Crippen LogP contribution < -0.4 is 5.32 Å². The Hall–Kier alpha value is -1.35. The molecule has 0 saturated carbocycles. The van der Waals surface area contributed by atoms with E-state index in [1.54, 1.807) is 0 Å². The Labute approximate surface area is 103 Å². The SMILES string of the molecule is CC(C)(C(=O)N1CCNCC1)c1ccccc1.